The number of hydrogen-bond acceptors (Lipinski definition) is 3. The summed E-state index contributed by atoms with van der Waals surface area (Å²) in [5.74, 6) is -0.618. The second-order valence-corrected chi connectivity index (χ2v) is 3.60. The Hall–Kier alpha value is -1.60. The summed E-state index contributed by atoms with van der Waals surface area (Å²) in [6, 6.07) is 9.34. The van der Waals surface area contributed by atoms with Gasteiger partial charge in [0.15, 0.2) is 0 Å². The van der Waals surface area contributed by atoms with Crippen molar-refractivity contribution in [3.8, 4) is 6.07 Å². The third-order valence-corrected chi connectivity index (χ3v) is 2.62. The standard InChI is InChI=1S/C12H10BrNO2/c1-16-12(15)11(8-14)6-9-2-4-10(7-13)5-3-9/h2-6H,7H2,1H3. The van der Waals surface area contributed by atoms with E-state index in [0.717, 1.165) is 16.5 Å². The van der Waals surface area contributed by atoms with Crippen LogP contribution in [0, 0.1) is 11.3 Å². The monoisotopic (exact) mass is 279 g/mol. The Morgan fingerprint density at radius 2 is 2.12 bits per heavy atom. The predicted molar refractivity (Wildman–Crippen MR) is 64.7 cm³/mol. The molecule has 0 bridgehead atoms. The summed E-state index contributed by atoms with van der Waals surface area (Å²) in [4.78, 5) is 11.1. The average Bonchev–Trinajstić information content (AvgIpc) is 2.35. The molecule has 1 aromatic rings. The van der Waals surface area contributed by atoms with Gasteiger partial charge in [-0.05, 0) is 17.2 Å². The number of ether oxygens (including phenoxy) is 1. The zero-order valence-corrected chi connectivity index (χ0v) is 10.3. The van der Waals surface area contributed by atoms with Crippen LogP contribution in [0.3, 0.4) is 0 Å². The molecule has 0 N–H and O–H groups in total. The fourth-order valence-corrected chi connectivity index (χ4v) is 1.49. The minimum atomic E-state index is -0.618. The van der Waals surface area contributed by atoms with Crippen molar-refractivity contribution in [2.75, 3.05) is 7.11 Å². The van der Waals surface area contributed by atoms with E-state index in [-0.39, 0.29) is 5.57 Å². The molecule has 0 unspecified atom stereocenters. The molecule has 0 heterocycles. The van der Waals surface area contributed by atoms with Crippen molar-refractivity contribution < 1.29 is 9.53 Å². The summed E-state index contributed by atoms with van der Waals surface area (Å²) >= 11 is 3.34. The van der Waals surface area contributed by atoms with Crippen LogP contribution in [0.2, 0.25) is 0 Å². The first-order valence-electron chi connectivity index (χ1n) is 4.56. The van der Waals surface area contributed by atoms with Crippen molar-refractivity contribution in [3.05, 3.63) is 41.0 Å². The van der Waals surface area contributed by atoms with Crippen LogP contribution in [0.15, 0.2) is 29.8 Å². The quantitative estimate of drug-likeness (QED) is 0.370. The maximum absolute atomic E-state index is 11.1. The zero-order chi connectivity index (χ0) is 12.0. The molecule has 0 aliphatic rings. The molecule has 1 rings (SSSR count). The maximum Gasteiger partial charge on any atom is 0.348 e. The normalized spacial score (nSPS) is 10.7. The summed E-state index contributed by atoms with van der Waals surface area (Å²) < 4.78 is 4.48. The summed E-state index contributed by atoms with van der Waals surface area (Å²) in [5, 5.41) is 9.54. The van der Waals surface area contributed by atoms with Gasteiger partial charge in [0.1, 0.15) is 11.6 Å². The molecule has 82 valence electrons. The third kappa shape index (κ3) is 3.21. The van der Waals surface area contributed by atoms with Crippen LogP contribution in [0.5, 0.6) is 0 Å². The van der Waals surface area contributed by atoms with Crippen LogP contribution in [-0.2, 0) is 14.9 Å². The Morgan fingerprint density at radius 1 is 1.50 bits per heavy atom. The number of carbonyl (C=O) groups excluding carboxylic acids is 1. The van der Waals surface area contributed by atoms with Gasteiger partial charge in [-0.15, -0.1) is 0 Å². The highest BCUT2D eigenvalue weighted by atomic mass is 79.9. The summed E-state index contributed by atoms with van der Waals surface area (Å²) in [6.07, 6.45) is 1.50. The molecule has 0 atom stereocenters. The highest BCUT2D eigenvalue weighted by Gasteiger charge is 2.07. The van der Waals surface area contributed by atoms with E-state index in [1.807, 2.05) is 30.3 Å². The van der Waals surface area contributed by atoms with E-state index in [0.29, 0.717) is 0 Å². The number of esters is 1. The number of rotatable bonds is 3. The number of hydrogen-bond donors (Lipinski definition) is 0. The van der Waals surface area contributed by atoms with Gasteiger partial charge in [-0.3, -0.25) is 0 Å². The van der Waals surface area contributed by atoms with Crippen molar-refractivity contribution in [3.63, 3.8) is 0 Å². The molecule has 16 heavy (non-hydrogen) atoms. The van der Waals surface area contributed by atoms with Crippen molar-refractivity contribution in [1.82, 2.24) is 0 Å². The van der Waals surface area contributed by atoms with Crippen molar-refractivity contribution in [1.29, 1.82) is 5.26 Å². The lowest BCUT2D eigenvalue weighted by atomic mass is 10.1. The van der Waals surface area contributed by atoms with E-state index >= 15 is 0 Å². The van der Waals surface area contributed by atoms with E-state index in [4.69, 9.17) is 5.26 Å². The summed E-state index contributed by atoms with van der Waals surface area (Å²) in [7, 11) is 1.25. The zero-order valence-electron chi connectivity index (χ0n) is 8.74. The molecule has 0 aromatic heterocycles. The maximum atomic E-state index is 11.1. The Bertz CT molecular complexity index is 443. The first kappa shape index (κ1) is 12.5. The molecule has 3 nitrogen and oxygen atoms in total. The highest BCUT2D eigenvalue weighted by molar-refractivity contribution is 9.08. The molecule has 0 saturated carbocycles. The SMILES string of the molecule is COC(=O)C(C#N)=Cc1ccc(CBr)cc1. The molecule has 0 amide bonds. The molecule has 0 radical (unpaired) electrons. The molecule has 0 aliphatic carbocycles. The van der Waals surface area contributed by atoms with Crippen LogP contribution < -0.4 is 0 Å². The topological polar surface area (TPSA) is 50.1 Å². The van der Waals surface area contributed by atoms with Crippen LogP contribution >= 0.6 is 15.9 Å². The fourth-order valence-electron chi connectivity index (χ4n) is 1.12. The fraction of sp³-hybridized carbons (Fsp3) is 0.167. The number of halogens is 1. The molecule has 0 fully saturated rings. The summed E-state index contributed by atoms with van der Waals surface area (Å²) in [5.41, 5.74) is 1.93. The largest absolute Gasteiger partial charge is 0.465 e. The highest BCUT2D eigenvalue weighted by Crippen LogP contribution is 2.11. The summed E-state index contributed by atoms with van der Waals surface area (Å²) in [6.45, 7) is 0. The van der Waals surface area contributed by atoms with E-state index in [1.165, 1.54) is 13.2 Å². The van der Waals surface area contributed by atoms with E-state index in [2.05, 4.69) is 20.7 Å². The van der Waals surface area contributed by atoms with Gasteiger partial charge in [-0.25, -0.2) is 4.79 Å². The lowest BCUT2D eigenvalue weighted by Gasteiger charge is -1.98. The lowest BCUT2D eigenvalue weighted by Crippen LogP contribution is -2.02. The molecular weight excluding hydrogens is 270 g/mol. The Labute approximate surface area is 102 Å². The number of nitrogens with zero attached hydrogens (tertiary/aromatic N) is 1. The van der Waals surface area contributed by atoms with Gasteiger partial charge in [-0.2, -0.15) is 5.26 Å². The van der Waals surface area contributed by atoms with Crippen LogP contribution in [0.1, 0.15) is 11.1 Å². The van der Waals surface area contributed by atoms with Gasteiger partial charge >= 0.3 is 5.97 Å². The van der Waals surface area contributed by atoms with Gasteiger partial charge in [0.25, 0.3) is 0 Å². The van der Waals surface area contributed by atoms with Crippen LogP contribution in [0.4, 0.5) is 0 Å². The van der Waals surface area contributed by atoms with Crippen LogP contribution in [-0.4, -0.2) is 13.1 Å². The second-order valence-electron chi connectivity index (χ2n) is 3.04. The van der Waals surface area contributed by atoms with Gasteiger partial charge in [0.2, 0.25) is 0 Å². The third-order valence-electron chi connectivity index (χ3n) is 1.97. The second kappa shape index (κ2) is 6.09. The number of nitriles is 1. The average molecular weight is 280 g/mol. The first-order valence-corrected chi connectivity index (χ1v) is 5.68. The van der Waals surface area contributed by atoms with E-state index in [1.54, 1.807) is 0 Å². The lowest BCUT2D eigenvalue weighted by molar-refractivity contribution is -0.135. The number of carbonyl (C=O) groups is 1. The minimum absolute atomic E-state index is 0.00547. The Balaban J connectivity index is 2.96. The number of alkyl halides is 1. The molecule has 0 saturated heterocycles. The first-order chi connectivity index (χ1) is 7.71. The van der Waals surface area contributed by atoms with Gasteiger partial charge in [0, 0.05) is 5.33 Å². The van der Waals surface area contributed by atoms with E-state index < -0.39 is 5.97 Å². The molecule has 0 aliphatic heterocycles. The van der Waals surface area contributed by atoms with Crippen molar-refractivity contribution in [2.45, 2.75) is 5.33 Å². The Morgan fingerprint density at radius 3 is 2.56 bits per heavy atom. The molecule has 0 spiro atoms. The van der Waals surface area contributed by atoms with Crippen LogP contribution in [0.25, 0.3) is 6.08 Å². The van der Waals surface area contributed by atoms with E-state index in [9.17, 15) is 4.79 Å². The molecule has 4 heteroatoms. The molecule has 1 aromatic carbocycles. The minimum Gasteiger partial charge on any atom is -0.465 e. The number of benzene rings is 1. The predicted octanol–water partition coefficient (Wildman–Crippen LogP) is 2.66. The Kier molecular flexibility index (Phi) is 4.74. The van der Waals surface area contributed by atoms with Gasteiger partial charge in [0.05, 0.1) is 7.11 Å². The van der Waals surface area contributed by atoms with Gasteiger partial charge < -0.3 is 4.74 Å². The molecular formula is C12H10BrNO2. The van der Waals surface area contributed by atoms with Crippen molar-refractivity contribution in [2.24, 2.45) is 0 Å². The van der Waals surface area contributed by atoms with Gasteiger partial charge in [-0.1, -0.05) is 40.2 Å². The number of methoxy groups -OCH3 is 1. The smallest absolute Gasteiger partial charge is 0.348 e. The van der Waals surface area contributed by atoms with Crippen molar-refractivity contribution >= 4 is 28.0 Å².